The molecule has 114 valence electrons. The number of allylic oxidation sites excluding steroid dienone is 1. The van der Waals surface area contributed by atoms with Crippen molar-refractivity contribution < 1.29 is 4.39 Å². The second kappa shape index (κ2) is 7.61. The van der Waals surface area contributed by atoms with Gasteiger partial charge in [0.15, 0.2) is 5.83 Å². The van der Waals surface area contributed by atoms with Gasteiger partial charge in [-0.3, -0.25) is 0 Å². The molecule has 0 amide bonds. The molecule has 0 N–H and O–H groups in total. The van der Waals surface area contributed by atoms with Crippen molar-refractivity contribution in [3.63, 3.8) is 0 Å². The van der Waals surface area contributed by atoms with E-state index in [-0.39, 0.29) is 5.83 Å². The fraction of sp³-hybridized carbons (Fsp3) is 0.474. The molecule has 0 saturated carbocycles. The van der Waals surface area contributed by atoms with Gasteiger partial charge in [-0.1, -0.05) is 71.9 Å². The third-order valence-corrected chi connectivity index (χ3v) is 10.6. The van der Waals surface area contributed by atoms with Gasteiger partial charge in [-0.15, -0.1) is 5.54 Å². The lowest BCUT2D eigenvalue weighted by atomic mass is 10.2. The summed E-state index contributed by atoms with van der Waals surface area (Å²) in [7, 11) is -1.85. The van der Waals surface area contributed by atoms with E-state index in [1.807, 2.05) is 30.3 Å². The van der Waals surface area contributed by atoms with Gasteiger partial charge in [-0.05, 0) is 34.2 Å². The Hall–Kier alpha value is -1.33. The zero-order valence-electron chi connectivity index (χ0n) is 14.1. The monoisotopic (exact) mass is 302 g/mol. The van der Waals surface area contributed by atoms with E-state index in [4.69, 9.17) is 0 Å². The number of hydrogen-bond acceptors (Lipinski definition) is 0. The number of rotatable bonds is 4. The third kappa shape index (κ3) is 4.31. The van der Waals surface area contributed by atoms with Crippen molar-refractivity contribution in [3.05, 3.63) is 41.7 Å². The van der Waals surface area contributed by atoms with E-state index in [1.54, 1.807) is 0 Å². The highest BCUT2D eigenvalue weighted by atomic mass is 28.3. The van der Waals surface area contributed by atoms with Crippen molar-refractivity contribution in [1.29, 1.82) is 0 Å². The van der Waals surface area contributed by atoms with Gasteiger partial charge < -0.3 is 0 Å². The normalized spacial score (nSPS) is 12.8. The average molecular weight is 303 g/mol. The molecule has 21 heavy (non-hydrogen) atoms. The van der Waals surface area contributed by atoms with Gasteiger partial charge >= 0.3 is 0 Å². The zero-order valence-corrected chi connectivity index (χ0v) is 15.1. The van der Waals surface area contributed by atoms with E-state index in [0.717, 1.165) is 5.56 Å². The fourth-order valence-electron chi connectivity index (χ4n) is 3.33. The molecule has 0 saturated heterocycles. The van der Waals surface area contributed by atoms with Crippen molar-refractivity contribution in [3.8, 4) is 11.5 Å². The van der Waals surface area contributed by atoms with Crippen LogP contribution in [0.1, 0.15) is 47.1 Å². The van der Waals surface area contributed by atoms with E-state index in [9.17, 15) is 4.39 Å². The summed E-state index contributed by atoms with van der Waals surface area (Å²) in [4.78, 5) is 0. The number of hydrogen-bond donors (Lipinski definition) is 0. The van der Waals surface area contributed by atoms with Gasteiger partial charge in [-0.25, -0.2) is 0 Å². The first-order valence-corrected chi connectivity index (χ1v) is 9.99. The summed E-state index contributed by atoms with van der Waals surface area (Å²) >= 11 is 0. The van der Waals surface area contributed by atoms with E-state index in [0.29, 0.717) is 16.6 Å². The van der Waals surface area contributed by atoms with E-state index in [2.05, 4.69) is 53.0 Å². The van der Waals surface area contributed by atoms with Crippen LogP contribution in [-0.2, 0) is 0 Å². The molecular weight excluding hydrogens is 275 g/mol. The maximum atomic E-state index is 14.1. The molecule has 0 nitrogen and oxygen atoms in total. The minimum atomic E-state index is -1.85. The van der Waals surface area contributed by atoms with Crippen LogP contribution < -0.4 is 0 Å². The number of halogens is 1. The lowest BCUT2D eigenvalue weighted by molar-refractivity contribution is 0.683. The number of benzene rings is 1. The van der Waals surface area contributed by atoms with Crippen LogP contribution in [0.5, 0.6) is 0 Å². The van der Waals surface area contributed by atoms with Crippen molar-refractivity contribution in [1.82, 2.24) is 0 Å². The molecule has 0 fully saturated rings. The largest absolute Gasteiger partial charge is 0.197 e. The van der Waals surface area contributed by atoms with Crippen LogP contribution in [0.3, 0.4) is 0 Å². The first kappa shape index (κ1) is 17.7. The second-order valence-corrected chi connectivity index (χ2v) is 12.1. The predicted octanol–water partition coefficient (Wildman–Crippen LogP) is 6.22. The van der Waals surface area contributed by atoms with Gasteiger partial charge in [-0.2, -0.15) is 4.39 Å². The topological polar surface area (TPSA) is 0 Å². The highest BCUT2D eigenvalue weighted by molar-refractivity contribution is 6.90. The summed E-state index contributed by atoms with van der Waals surface area (Å²) in [6.07, 6.45) is 1.52. The first-order valence-electron chi connectivity index (χ1n) is 7.76. The summed E-state index contributed by atoms with van der Waals surface area (Å²) in [6.45, 7) is 13.4. The summed E-state index contributed by atoms with van der Waals surface area (Å²) in [6, 6.07) is 9.51. The van der Waals surface area contributed by atoms with Crippen LogP contribution in [0.15, 0.2) is 36.2 Å². The first-order chi connectivity index (χ1) is 9.80. The van der Waals surface area contributed by atoms with Gasteiger partial charge in [0.25, 0.3) is 0 Å². The predicted molar refractivity (Wildman–Crippen MR) is 94.4 cm³/mol. The maximum absolute atomic E-state index is 14.1. The SMILES string of the molecule is CC(C)[Si](C#C/C(F)=C/c1ccccc1)(C(C)C)C(C)C. The quantitative estimate of drug-likeness (QED) is 0.457. The van der Waals surface area contributed by atoms with Crippen LogP contribution in [0.4, 0.5) is 4.39 Å². The maximum Gasteiger partial charge on any atom is 0.173 e. The Morgan fingerprint density at radius 1 is 0.952 bits per heavy atom. The molecule has 0 bridgehead atoms. The molecule has 0 aromatic heterocycles. The Labute approximate surface area is 130 Å². The standard InChI is InChI=1S/C19H27FSi/c1-15(2)21(16(3)4,17(5)6)13-12-19(20)14-18-10-8-7-9-11-18/h7-11,14-17H,1-6H3/b19-14-. The van der Waals surface area contributed by atoms with Crippen molar-refractivity contribution in [2.75, 3.05) is 0 Å². The Bertz CT molecular complexity index is 508. The van der Waals surface area contributed by atoms with Gasteiger partial charge in [0.2, 0.25) is 0 Å². The average Bonchev–Trinajstić information content (AvgIpc) is 2.39. The molecule has 1 aromatic rings. The Kier molecular flexibility index (Phi) is 6.42. The van der Waals surface area contributed by atoms with Crippen LogP contribution in [0, 0.1) is 11.5 Å². The minimum Gasteiger partial charge on any atom is -0.197 e. The Morgan fingerprint density at radius 2 is 1.43 bits per heavy atom. The van der Waals surface area contributed by atoms with Gasteiger partial charge in [0.1, 0.15) is 8.07 Å². The lowest BCUT2D eigenvalue weighted by Crippen LogP contribution is -2.43. The highest BCUT2D eigenvalue weighted by Crippen LogP contribution is 2.40. The molecule has 0 aliphatic rings. The zero-order chi connectivity index (χ0) is 16.0. The van der Waals surface area contributed by atoms with E-state index in [1.165, 1.54) is 6.08 Å². The van der Waals surface area contributed by atoms with Crippen LogP contribution in [0.2, 0.25) is 16.6 Å². The molecule has 0 aliphatic carbocycles. The smallest absolute Gasteiger partial charge is 0.173 e. The van der Waals surface area contributed by atoms with Crippen molar-refractivity contribution in [2.45, 2.75) is 58.2 Å². The molecule has 0 spiro atoms. The summed E-state index contributed by atoms with van der Waals surface area (Å²) < 4.78 is 14.1. The fourth-order valence-corrected chi connectivity index (χ4v) is 8.53. The Balaban J connectivity index is 3.14. The van der Waals surface area contributed by atoms with E-state index >= 15 is 0 Å². The van der Waals surface area contributed by atoms with Gasteiger partial charge in [0.05, 0.1) is 0 Å². The minimum absolute atomic E-state index is 0.333. The van der Waals surface area contributed by atoms with Crippen LogP contribution in [0.25, 0.3) is 6.08 Å². The van der Waals surface area contributed by atoms with E-state index < -0.39 is 8.07 Å². The summed E-state index contributed by atoms with van der Waals surface area (Å²) in [5, 5.41) is 0. The highest BCUT2D eigenvalue weighted by Gasteiger charge is 2.41. The summed E-state index contributed by atoms with van der Waals surface area (Å²) in [5.74, 6) is 2.49. The molecule has 0 radical (unpaired) electrons. The van der Waals surface area contributed by atoms with Crippen LogP contribution in [-0.4, -0.2) is 8.07 Å². The molecule has 0 atom stereocenters. The van der Waals surface area contributed by atoms with Crippen LogP contribution >= 0.6 is 0 Å². The van der Waals surface area contributed by atoms with Gasteiger partial charge in [0, 0.05) is 0 Å². The van der Waals surface area contributed by atoms with Crippen molar-refractivity contribution in [2.24, 2.45) is 0 Å². The molecule has 1 aromatic carbocycles. The molecular formula is C19H27FSi. The third-order valence-electron chi connectivity index (χ3n) is 4.36. The molecule has 0 aliphatic heterocycles. The molecule has 2 heteroatoms. The summed E-state index contributed by atoms with van der Waals surface area (Å²) in [5.41, 5.74) is 5.82. The molecule has 1 rings (SSSR count). The lowest BCUT2D eigenvalue weighted by Gasteiger charge is -2.37. The Morgan fingerprint density at radius 3 is 1.86 bits per heavy atom. The second-order valence-electron chi connectivity index (χ2n) is 6.55. The molecule has 0 unspecified atom stereocenters. The molecule has 0 heterocycles. The van der Waals surface area contributed by atoms with Crippen molar-refractivity contribution >= 4 is 14.1 Å².